The van der Waals surface area contributed by atoms with Crippen molar-refractivity contribution >= 4 is 23.5 Å². The number of nitrogens with one attached hydrogen (secondary N) is 1. The summed E-state index contributed by atoms with van der Waals surface area (Å²) in [7, 11) is 0. The highest BCUT2D eigenvalue weighted by molar-refractivity contribution is 7.80. The Morgan fingerprint density at radius 1 is 1.11 bits per heavy atom. The van der Waals surface area contributed by atoms with Gasteiger partial charge >= 0.3 is 0 Å². The average molecular weight is 376 g/mol. The van der Waals surface area contributed by atoms with Crippen molar-refractivity contribution in [2.24, 2.45) is 0 Å². The van der Waals surface area contributed by atoms with Crippen LogP contribution in [0.3, 0.4) is 0 Å². The van der Waals surface area contributed by atoms with Crippen molar-refractivity contribution < 1.29 is 0 Å². The van der Waals surface area contributed by atoms with Gasteiger partial charge < -0.3 is 9.55 Å². The summed E-state index contributed by atoms with van der Waals surface area (Å²) in [5.74, 6) is 1.54. The van der Waals surface area contributed by atoms with Crippen LogP contribution in [0.1, 0.15) is 29.1 Å². The minimum Gasteiger partial charge on any atom is -0.322 e. The molecule has 0 aliphatic carbocycles. The summed E-state index contributed by atoms with van der Waals surface area (Å²) in [5, 5.41) is 9.46. The maximum atomic E-state index is 12.1. The van der Waals surface area contributed by atoms with E-state index < -0.39 is 0 Å². The highest BCUT2D eigenvalue weighted by Gasteiger charge is 2.22. The fourth-order valence-corrected chi connectivity index (χ4v) is 3.83. The van der Waals surface area contributed by atoms with Crippen LogP contribution in [0.15, 0.2) is 59.4 Å². The van der Waals surface area contributed by atoms with Gasteiger partial charge in [0, 0.05) is 29.1 Å². The van der Waals surface area contributed by atoms with Crippen molar-refractivity contribution in [1.29, 1.82) is 0 Å². The second-order valence-electron chi connectivity index (χ2n) is 6.53. The van der Waals surface area contributed by atoms with Crippen molar-refractivity contribution in [3.8, 4) is 11.4 Å². The first kappa shape index (κ1) is 17.5. The number of benzene rings is 2. The van der Waals surface area contributed by atoms with Gasteiger partial charge in [0.05, 0.1) is 5.25 Å². The van der Waals surface area contributed by atoms with Crippen molar-refractivity contribution in [2.45, 2.75) is 25.6 Å². The Hall–Kier alpha value is -2.86. The Morgan fingerprint density at radius 3 is 2.70 bits per heavy atom. The summed E-state index contributed by atoms with van der Waals surface area (Å²) in [6.45, 7) is 4.83. The van der Waals surface area contributed by atoms with Gasteiger partial charge in [-0.3, -0.25) is 4.79 Å². The Bertz CT molecular complexity index is 1180. The molecule has 5 nitrogen and oxygen atoms in total. The van der Waals surface area contributed by atoms with Crippen LogP contribution in [0.4, 0.5) is 0 Å². The van der Waals surface area contributed by atoms with E-state index in [2.05, 4.69) is 45.7 Å². The average Bonchev–Trinajstić information content (AvgIpc) is 3.10. The molecule has 27 heavy (non-hydrogen) atoms. The van der Waals surface area contributed by atoms with Gasteiger partial charge in [-0.1, -0.05) is 42.0 Å². The van der Waals surface area contributed by atoms with E-state index in [0.717, 1.165) is 33.7 Å². The van der Waals surface area contributed by atoms with Gasteiger partial charge in [-0.15, -0.1) is 10.2 Å². The van der Waals surface area contributed by atoms with Crippen molar-refractivity contribution in [1.82, 2.24) is 19.7 Å². The summed E-state index contributed by atoms with van der Waals surface area (Å²) in [6.07, 6.45) is 0. The summed E-state index contributed by atoms with van der Waals surface area (Å²) >= 11 is 4.83. The normalized spacial score (nSPS) is 12.4. The molecule has 4 aromatic rings. The zero-order valence-electron chi connectivity index (χ0n) is 15.2. The summed E-state index contributed by atoms with van der Waals surface area (Å²) in [5.41, 5.74) is 3.66. The predicted molar refractivity (Wildman–Crippen MR) is 111 cm³/mol. The van der Waals surface area contributed by atoms with E-state index in [4.69, 9.17) is 12.6 Å². The number of pyridine rings is 1. The monoisotopic (exact) mass is 376 g/mol. The molecule has 0 bridgehead atoms. The number of thiol groups is 1. The molecule has 6 heteroatoms. The Morgan fingerprint density at radius 2 is 1.93 bits per heavy atom. The van der Waals surface area contributed by atoms with Crippen LogP contribution in [0.2, 0.25) is 0 Å². The molecule has 4 rings (SSSR count). The lowest BCUT2D eigenvalue weighted by Gasteiger charge is -2.15. The second-order valence-corrected chi connectivity index (χ2v) is 7.05. The second kappa shape index (κ2) is 7.04. The quantitative estimate of drug-likeness (QED) is 0.526. The third-order valence-electron chi connectivity index (χ3n) is 4.69. The Balaban J connectivity index is 1.86. The minimum absolute atomic E-state index is 0.149. The lowest BCUT2D eigenvalue weighted by atomic mass is 10.1. The molecule has 1 unspecified atom stereocenters. The SMILES string of the molecule is CCn1c(-c2cccc(C)c2)nnc1C(S)c1cc(=O)[nH]c2ccccc12. The van der Waals surface area contributed by atoms with Crippen LogP contribution in [-0.4, -0.2) is 19.7 Å². The van der Waals surface area contributed by atoms with Gasteiger partial charge in [0.15, 0.2) is 11.6 Å². The molecule has 2 heterocycles. The first-order chi connectivity index (χ1) is 13.1. The van der Waals surface area contributed by atoms with Gasteiger partial charge in [-0.25, -0.2) is 0 Å². The van der Waals surface area contributed by atoms with E-state index in [-0.39, 0.29) is 10.8 Å². The summed E-state index contributed by atoms with van der Waals surface area (Å²) < 4.78 is 2.06. The minimum atomic E-state index is -0.358. The van der Waals surface area contributed by atoms with Gasteiger partial charge in [0.1, 0.15) is 0 Å². The van der Waals surface area contributed by atoms with Crippen LogP contribution < -0.4 is 5.56 Å². The fourth-order valence-electron chi connectivity index (χ4n) is 3.42. The number of hydrogen-bond acceptors (Lipinski definition) is 4. The van der Waals surface area contributed by atoms with Crippen LogP contribution in [0, 0.1) is 6.92 Å². The molecular weight excluding hydrogens is 356 g/mol. The van der Waals surface area contributed by atoms with E-state index >= 15 is 0 Å². The van der Waals surface area contributed by atoms with Gasteiger partial charge in [-0.2, -0.15) is 12.6 Å². The molecule has 1 atom stereocenters. The van der Waals surface area contributed by atoms with Crippen LogP contribution in [0.5, 0.6) is 0 Å². The number of rotatable bonds is 4. The first-order valence-corrected chi connectivity index (χ1v) is 9.40. The molecule has 0 saturated carbocycles. The molecule has 0 saturated heterocycles. The third-order valence-corrected chi connectivity index (χ3v) is 5.20. The highest BCUT2D eigenvalue weighted by atomic mass is 32.1. The lowest BCUT2D eigenvalue weighted by molar-refractivity contribution is 0.716. The molecule has 0 aliphatic heterocycles. The van der Waals surface area contributed by atoms with Crippen molar-refractivity contribution in [3.05, 3.63) is 81.9 Å². The van der Waals surface area contributed by atoms with E-state index in [1.165, 1.54) is 5.56 Å². The Kier molecular flexibility index (Phi) is 4.58. The number of H-pyrrole nitrogens is 1. The molecule has 0 spiro atoms. The number of aromatic nitrogens is 4. The molecular formula is C21H20N4OS. The van der Waals surface area contributed by atoms with E-state index in [9.17, 15) is 4.79 Å². The third kappa shape index (κ3) is 3.17. The largest absolute Gasteiger partial charge is 0.322 e. The predicted octanol–water partition coefficient (Wildman–Crippen LogP) is 4.13. The number of aromatic amines is 1. The molecule has 2 aromatic heterocycles. The molecule has 0 aliphatic rings. The van der Waals surface area contributed by atoms with E-state index in [1.807, 2.05) is 36.4 Å². The van der Waals surface area contributed by atoms with E-state index in [0.29, 0.717) is 6.54 Å². The zero-order valence-corrected chi connectivity index (χ0v) is 16.1. The smallest absolute Gasteiger partial charge is 0.248 e. The topological polar surface area (TPSA) is 63.6 Å². The van der Waals surface area contributed by atoms with E-state index in [1.54, 1.807) is 6.07 Å². The molecule has 0 radical (unpaired) electrons. The number of nitrogens with zero attached hydrogens (tertiary/aromatic N) is 3. The molecule has 0 amide bonds. The van der Waals surface area contributed by atoms with Gasteiger partial charge in [0.2, 0.25) is 5.56 Å². The maximum Gasteiger partial charge on any atom is 0.248 e. The lowest BCUT2D eigenvalue weighted by Crippen LogP contribution is -2.12. The number of fused-ring (bicyclic) bond motifs is 1. The van der Waals surface area contributed by atoms with Crippen LogP contribution in [0.25, 0.3) is 22.3 Å². The number of hydrogen-bond donors (Lipinski definition) is 2. The molecule has 136 valence electrons. The van der Waals surface area contributed by atoms with Crippen LogP contribution in [-0.2, 0) is 6.54 Å². The number of aryl methyl sites for hydroxylation is 1. The summed E-state index contributed by atoms with van der Waals surface area (Å²) in [4.78, 5) is 15.0. The maximum absolute atomic E-state index is 12.1. The van der Waals surface area contributed by atoms with Crippen molar-refractivity contribution in [2.75, 3.05) is 0 Å². The van der Waals surface area contributed by atoms with Crippen LogP contribution >= 0.6 is 12.6 Å². The molecule has 0 fully saturated rings. The first-order valence-electron chi connectivity index (χ1n) is 8.88. The Labute approximate surface area is 162 Å². The standard InChI is InChI=1S/C21H20N4OS/c1-3-25-20(14-8-6-7-13(2)11-14)23-24-21(25)19(27)16-12-18(26)22-17-10-5-4-9-15(16)17/h4-12,19,27H,3H2,1-2H3,(H,22,26). The van der Waals surface area contributed by atoms with Gasteiger partial charge in [-0.05, 0) is 31.5 Å². The summed E-state index contributed by atoms with van der Waals surface area (Å²) in [6, 6.07) is 17.5. The fraction of sp³-hybridized carbons (Fsp3) is 0.190. The molecule has 2 aromatic carbocycles. The molecule has 1 N–H and O–H groups in total. The van der Waals surface area contributed by atoms with Gasteiger partial charge in [0.25, 0.3) is 0 Å². The zero-order chi connectivity index (χ0) is 19.0. The van der Waals surface area contributed by atoms with Crippen molar-refractivity contribution in [3.63, 3.8) is 0 Å². The highest BCUT2D eigenvalue weighted by Crippen LogP contribution is 2.33. The number of para-hydroxylation sites is 1.